The van der Waals surface area contributed by atoms with Gasteiger partial charge in [0, 0.05) is 22.3 Å². The van der Waals surface area contributed by atoms with Crippen LogP contribution in [0.15, 0.2) is 84.4 Å². The Morgan fingerprint density at radius 2 is 1.55 bits per heavy atom. The van der Waals surface area contributed by atoms with E-state index in [1.165, 1.54) is 47.4 Å². The van der Waals surface area contributed by atoms with Gasteiger partial charge < -0.3 is 5.11 Å². The summed E-state index contributed by atoms with van der Waals surface area (Å²) in [7, 11) is 0. The number of hydrogen-bond acceptors (Lipinski definition) is 5. The van der Waals surface area contributed by atoms with Crippen molar-refractivity contribution in [1.82, 2.24) is 0 Å². The average molecular weight is 435 g/mol. The molecule has 1 aliphatic rings. The molecule has 1 amide bonds. The lowest BCUT2D eigenvalue weighted by Gasteiger charge is -2.25. The molecular weight excluding hydrogens is 420 g/mol. The van der Waals surface area contributed by atoms with Crippen LogP contribution >= 0.6 is 11.6 Å². The van der Waals surface area contributed by atoms with Gasteiger partial charge in [-0.05, 0) is 42.5 Å². The number of hydrogen-bond donors (Lipinski definition) is 1. The van der Waals surface area contributed by atoms with Crippen molar-refractivity contribution < 1.29 is 19.6 Å². The molecule has 8 heteroatoms. The molecule has 0 radical (unpaired) electrons. The number of carbonyl (C=O) groups excluding carboxylic acids is 2. The van der Waals surface area contributed by atoms with Crippen LogP contribution in [0.25, 0.3) is 5.76 Å². The minimum atomic E-state index is -1.18. The van der Waals surface area contributed by atoms with Gasteiger partial charge in [0.1, 0.15) is 11.8 Å². The number of ketones is 1. The van der Waals surface area contributed by atoms with Crippen LogP contribution < -0.4 is 4.90 Å². The number of aliphatic hydroxyl groups excluding tert-OH is 1. The average Bonchev–Trinajstić information content (AvgIpc) is 3.05. The predicted molar refractivity (Wildman–Crippen MR) is 116 cm³/mol. The van der Waals surface area contributed by atoms with Gasteiger partial charge in [0.2, 0.25) is 0 Å². The Morgan fingerprint density at radius 3 is 2.19 bits per heavy atom. The lowest BCUT2D eigenvalue weighted by atomic mass is 9.94. The largest absolute Gasteiger partial charge is 0.507 e. The highest BCUT2D eigenvalue weighted by atomic mass is 35.5. The highest BCUT2D eigenvalue weighted by Crippen LogP contribution is 2.44. The number of nitro benzene ring substituents is 1. The number of benzene rings is 3. The molecule has 3 aromatic rings. The summed E-state index contributed by atoms with van der Waals surface area (Å²) >= 11 is 5.91. The summed E-state index contributed by atoms with van der Waals surface area (Å²) in [4.78, 5) is 38.3. The Morgan fingerprint density at radius 1 is 0.935 bits per heavy atom. The topological polar surface area (TPSA) is 101 Å². The second kappa shape index (κ2) is 8.04. The summed E-state index contributed by atoms with van der Waals surface area (Å²) in [6.45, 7) is 0. The molecule has 1 unspecified atom stereocenters. The molecule has 1 aliphatic heterocycles. The summed E-state index contributed by atoms with van der Waals surface area (Å²) in [6, 6.07) is 19.1. The van der Waals surface area contributed by atoms with Crippen molar-refractivity contribution in [3.63, 3.8) is 0 Å². The molecule has 1 atom stereocenters. The molecule has 0 saturated carbocycles. The number of Topliss-reactive ketones (excluding diaryl/α,β-unsaturated/α-hetero) is 1. The summed E-state index contributed by atoms with van der Waals surface area (Å²) < 4.78 is 0. The zero-order valence-electron chi connectivity index (χ0n) is 15.9. The number of anilines is 1. The first kappa shape index (κ1) is 20.3. The zero-order valence-corrected chi connectivity index (χ0v) is 16.7. The van der Waals surface area contributed by atoms with Gasteiger partial charge in [-0.25, -0.2) is 0 Å². The van der Waals surface area contributed by atoms with Crippen molar-refractivity contribution in [2.45, 2.75) is 6.04 Å². The van der Waals surface area contributed by atoms with E-state index >= 15 is 0 Å². The van der Waals surface area contributed by atoms with E-state index in [9.17, 15) is 24.8 Å². The van der Waals surface area contributed by atoms with Gasteiger partial charge in [-0.15, -0.1) is 0 Å². The molecule has 1 saturated heterocycles. The quantitative estimate of drug-likeness (QED) is 0.207. The summed E-state index contributed by atoms with van der Waals surface area (Å²) in [5.74, 6) is -2.25. The van der Waals surface area contributed by atoms with Gasteiger partial charge in [0.15, 0.2) is 0 Å². The fraction of sp³-hybridized carbons (Fsp3) is 0.0435. The second-order valence-electron chi connectivity index (χ2n) is 6.83. The Hall–Kier alpha value is -3.97. The first-order valence-corrected chi connectivity index (χ1v) is 9.63. The predicted octanol–water partition coefficient (Wildman–Crippen LogP) is 4.87. The molecule has 0 aromatic heterocycles. The van der Waals surface area contributed by atoms with Crippen molar-refractivity contribution in [2.75, 3.05) is 4.90 Å². The van der Waals surface area contributed by atoms with Crippen molar-refractivity contribution in [2.24, 2.45) is 0 Å². The van der Waals surface area contributed by atoms with E-state index in [0.717, 1.165) is 0 Å². The molecule has 4 rings (SSSR count). The van der Waals surface area contributed by atoms with Crippen LogP contribution in [0.2, 0.25) is 5.02 Å². The molecule has 154 valence electrons. The molecule has 1 fully saturated rings. The number of rotatable bonds is 4. The molecule has 1 N–H and O–H groups in total. The standard InChI is InChI=1S/C23H15ClN2O5/c24-15-12-10-14(11-13-15)21(27)19-20(17-8-4-5-9-18(17)26(30)31)25(23(29)22(19)28)16-6-2-1-3-7-16/h1-13,20,27H/b21-19-. The highest BCUT2D eigenvalue weighted by molar-refractivity contribution is 6.51. The number of carbonyl (C=O) groups is 2. The van der Waals surface area contributed by atoms with Gasteiger partial charge in [0.25, 0.3) is 17.4 Å². The number of halogens is 1. The van der Waals surface area contributed by atoms with Crippen molar-refractivity contribution in [1.29, 1.82) is 0 Å². The minimum Gasteiger partial charge on any atom is -0.507 e. The van der Waals surface area contributed by atoms with E-state index in [2.05, 4.69) is 0 Å². The third kappa shape index (κ3) is 3.55. The maximum absolute atomic E-state index is 13.0. The summed E-state index contributed by atoms with van der Waals surface area (Å²) in [5, 5.41) is 23.1. The van der Waals surface area contributed by atoms with Gasteiger partial charge in [-0.1, -0.05) is 41.9 Å². The van der Waals surface area contributed by atoms with E-state index in [-0.39, 0.29) is 22.4 Å². The van der Waals surface area contributed by atoms with Crippen LogP contribution in [0.1, 0.15) is 17.2 Å². The van der Waals surface area contributed by atoms with Crippen LogP contribution in [0.5, 0.6) is 0 Å². The number of para-hydroxylation sites is 2. The monoisotopic (exact) mass is 434 g/mol. The smallest absolute Gasteiger partial charge is 0.300 e. The maximum Gasteiger partial charge on any atom is 0.300 e. The fourth-order valence-electron chi connectivity index (χ4n) is 3.63. The molecule has 1 heterocycles. The Bertz CT molecular complexity index is 1220. The maximum atomic E-state index is 13.0. The SMILES string of the molecule is O=C1C(=O)N(c2ccccc2)C(c2ccccc2[N+](=O)[O-])/C1=C(/O)c1ccc(Cl)cc1. The first-order chi connectivity index (χ1) is 14.9. The van der Waals surface area contributed by atoms with Crippen molar-refractivity contribution in [3.05, 3.63) is 111 Å². The number of aliphatic hydroxyl groups is 1. The van der Waals surface area contributed by atoms with E-state index in [0.29, 0.717) is 10.7 Å². The summed E-state index contributed by atoms with van der Waals surface area (Å²) in [6.07, 6.45) is 0. The van der Waals surface area contributed by atoms with Crippen LogP contribution in [-0.2, 0) is 9.59 Å². The molecule has 3 aromatic carbocycles. The van der Waals surface area contributed by atoms with Gasteiger partial charge >= 0.3 is 0 Å². The Kier molecular flexibility index (Phi) is 5.27. The van der Waals surface area contributed by atoms with E-state index < -0.39 is 28.4 Å². The van der Waals surface area contributed by atoms with Crippen molar-refractivity contribution in [3.8, 4) is 0 Å². The molecule has 7 nitrogen and oxygen atoms in total. The molecule has 31 heavy (non-hydrogen) atoms. The number of amides is 1. The van der Waals surface area contributed by atoms with Gasteiger partial charge in [-0.3, -0.25) is 24.6 Å². The second-order valence-corrected chi connectivity index (χ2v) is 7.26. The fourth-order valence-corrected chi connectivity index (χ4v) is 3.76. The number of nitrogens with zero attached hydrogens (tertiary/aromatic N) is 2. The first-order valence-electron chi connectivity index (χ1n) is 9.25. The van der Waals surface area contributed by atoms with Crippen LogP contribution in [-0.4, -0.2) is 21.7 Å². The van der Waals surface area contributed by atoms with E-state index in [4.69, 9.17) is 11.6 Å². The molecule has 0 bridgehead atoms. The summed E-state index contributed by atoms with van der Waals surface area (Å²) in [5.41, 5.74) is 0.260. The third-order valence-electron chi connectivity index (χ3n) is 5.02. The Labute approximate surface area is 182 Å². The van der Waals surface area contributed by atoms with Gasteiger partial charge in [0.05, 0.1) is 16.1 Å². The molecular formula is C23H15ClN2O5. The zero-order chi connectivity index (χ0) is 22.1. The lowest BCUT2D eigenvalue weighted by molar-refractivity contribution is -0.385. The van der Waals surface area contributed by atoms with Crippen molar-refractivity contribution >= 4 is 40.4 Å². The van der Waals surface area contributed by atoms with Gasteiger partial charge in [-0.2, -0.15) is 0 Å². The molecule has 0 spiro atoms. The van der Waals surface area contributed by atoms with Crippen LogP contribution in [0.4, 0.5) is 11.4 Å². The van der Waals surface area contributed by atoms with Crippen LogP contribution in [0, 0.1) is 10.1 Å². The van der Waals surface area contributed by atoms with E-state index in [1.807, 2.05) is 0 Å². The highest BCUT2D eigenvalue weighted by Gasteiger charge is 2.48. The normalized spacial score (nSPS) is 17.7. The van der Waals surface area contributed by atoms with E-state index in [1.54, 1.807) is 36.4 Å². The lowest BCUT2D eigenvalue weighted by Crippen LogP contribution is -2.29. The van der Waals surface area contributed by atoms with Crippen LogP contribution in [0.3, 0.4) is 0 Å². The molecule has 0 aliphatic carbocycles. The number of nitro groups is 1. The Balaban J connectivity index is 2.01. The third-order valence-corrected chi connectivity index (χ3v) is 5.28. The minimum absolute atomic E-state index is 0.117.